The molecule has 0 amide bonds. The van der Waals surface area contributed by atoms with E-state index in [-0.39, 0.29) is 0 Å². The van der Waals surface area contributed by atoms with Crippen molar-refractivity contribution in [3.63, 3.8) is 0 Å². The van der Waals surface area contributed by atoms with E-state index in [0.717, 1.165) is 10.3 Å². The lowest BCUT2D eigenvalue weighted by Gasteiger charge is -2.04. The van der Waals surface area contributed by atoms with Gasteiger partial charge in [0.25, 0.3) is 0 Å². The van der Waals surface area contributed by atoms with Crippen LogP contribution in [0.5, 0.6) is 0 Å². The van der Waals surface area contributed by atoms with Crippen LogP contribution >= 0.6 is 23.2 Å². The Bertz CT molecular complexity index is 532. The summed E-state index contributed by atoms with van der Waals surface area (Å²) in [5.41, 5.74) is 1.23. The highest BCUT2D eigenvalue weighted by atomic mass is 35.5. The third kappa shape index (κ3) is 3.22. The van der Waals surface area contributed by atoms with Crippen LogP contribution in [0.4, 0.5) is 5.69 Å². The molecule has 0 saturated carbocycles. The second kappa shape index (κ2) is 5.21. The first-order valence-electron chi connectivity index (χ1n) is 4.97. The van der Waals surface area contributed by atoms with Crippen molar-refractivity contribution in [3.05, 3.63) is 69.3 Å². The van der Waals surface area contributed by atoms with Crippen molar-refractivity contribution in [2.75, 3.05) is 0 Å². The fourth-order valence-electron chi connectivity index (χ4n) is 1.42. The molecule has 17 heavy (non-hydrogen) atoms. The lowest BCUT2D eigenvalue weighted by Crippen LogP contribution is -1.98. The van der Waals surface area contributed by atoms with Crippen LogP contribution in [-0.2, 0) is 0 Å². The van der Waals surface area contributed by atoms with Gasteiger partial charge in [0.15, 0.2) is 6.21 Å². The minimum atomic E-state index is 0.409. The first kappa shape index (κ1) is 12.0. The van der Waals surface area contributed by atoms with Gasteiger partial charge >= 0.3 is 0 Å². The molecule has 0 aliphatic carbocycles. The van der Waals surface area contributed by atoms with E-state index in [1.807, 2.05) is 30.3 Å². The van der Waals surface area contributed by atoms with Gasteiger partial charge in [0, 0.05) is 27.7 Å². The van der Waals surface area contributed by atoms with Crippen molar-refractivity contribution in [1.29, 1.82) is 0 Å². The van der Waals surface area contributed by atoms with Crippen LogP contribution in [-0.4, -0.2) is 11.0 Å². The second-order valence-corrected chi connectivity index (χ2v) is 4.37. The molecule has 0 fully saturated rings. The van der Waals surface area contributed by atoms with Gasteiger partial charge in [0.05, 0.1) is 0 Å². The maximum atomic E-state index is 11.9. The third-order valence-corrected chi connectivity index (χ3v) is 2.60. The highest BCUT2D eigenvalue weighted by Crippen LogP contribution is 2.23. The smallest absolute Gasteiger partial charge is 0.219 e. The van der Waals surface area contributed by atoms with Gasteiger partial charge < -0.3 is 5.21 Å². The summed E-state index contributed by atoms with van der Waals surface area (Å²) in [6.07, 6.45) is 1.47. The van der Waals surface area contributed by atoms with E-state index >= 15 is 0 Å². The van der Waals surface area contributed by atoms with Crippen LogP contribution in [0.15, 0.2) is 48.5 Å². The van der Waals surface area contributed by atoms with Crippen molar-refractivity contribution in [1.82, 2.24) is 0 Å². The third-order valence-electron chi connectivity index (χ3n) is 2.17. The Balaban J connectivity index is 2.37. The molecule has 0 aliphatic rings. The Morgan fingerprint density at radius 2 is 1.53 bits per heavy atom. The van der Waals surface area contributed by atoms with Gasteiger partial charge in [-0.25, -0.2) is 0 Å². The normalized spacial score (nSPS) is 11.5. The van der Waals surface area contributed by atoms with Crippen molar-refractivity contribution in [2.24, 2.45) is 0 Å². The minimum Gasteiger partial charge on any atom is -0.618 e. The van der Waals surface area contributed by atoms with Crippen molar-refractivity contribution < 1.29 is 4.74 Å². The Hall–Kier alpha value is -1.51. The van der Waals surface area contributed by atoms with E-state index in [0.29, 0.717) is 15.7 Å². The molecule has 2 aromatic rings. The van der Waals surface area contributed by atoms with Crippen LogP contribution in [0.1, 0.15) is 5.56 Å². The Labute approximate surface area is 109 Å². The summed E-state index contributed by atoms with van der Waals surface area (Å²) in [7, 11) is 0. The standard InChI is InChI=1S/C13H9Cl2NO/c14-11-6-12(15)8-13(7-11)16(17)9-10-4-2-1-3-5-10/h1-9H. The van der Waals surface area contributed by atoms with Gasteiger partial charge in [0.2, 0.25) is 5.69 Å². The second-order valence-electron chi connectivity index (χ2n) is 3.49. The highest BCUT2D eigenvalue weighted by Gasteiger charge is 2.05. The van der Waals surface area contributed by atoms with Gasteiger partial charge in [-0.3, -0.25) is 0 Å². The van der Waals surface area contributed by atoms with Gasteiger partial charge in [0.1, 0.15) is 0 Å². The summed E-state index contributed by atoms with van der Waals surface area (Å²) in [4.78, 5) is 0. The highest BCUT2D eigenvalue weighted by molar-refractivity contribution is 6.34. The Morgan fingerprint density at radius 3 is 2.12 bits per heavy atom. The van der Waals surface area contributed by atoms with Crippen LogP contribution in [0.3, 0.4) is 0 Å². The fourth-order valence-corrected chi connectivity index (χ4v) is 1.93. The molecule has 0 unspecified atom stereocenters. The molecule has 0 bridgehead atoms. The zero-order valence-electron chi connectivity index (χ0n) is 8.81. The molecule has 4 heteroatoms. The Kier molecular flexibility index (Phi) is 3.67. The van der Waals surface area contributed by atoms with E-state index in [9.17, 15) is 5.21 Å². The minimum absolute atomic E-state index is 0.409. The Morgan fingerprint density at radius 1 is 0.941 bits per heavy atom. The SMILES string of the molecule is [O-][N+](=Cc1ccccc1)c1cc(Cl)cc(Cl)c1. The van der Waals surface area contributed by atoms with E-state index in [1.54, 1.807) is 18.2 Å². The average Bonchev–Trinajstić information content (AvgIpc) is 2.29. The van der Waals surface area contributed by atoms with Gasteiger partial charge in [-0.15, -0.1) is 0 Å². The quantitative estimate of drug-likeness (QED) is 0.345. The number of rotatable bonds is 2. The summed E-state index contributed by atoms with van der Waals surface area (Å²) < 4.78 is 0.743. The molecule has 86 valence electrons. The van der Waals surface area contributed by atoms with Crippen LogP contribution in [0, 0.1) is 5.21 Å². The summed E-state index contributed by atoms with van der Waals surface area (Å²) in [5, 5.41) is 12.7. The number of nitrogens with zero attached hydrogens (tertiary/aromatic N) is 1. The molecule has 0 spiro atoms. The molecule has 0 heterocycles. The summed E-state index contributed by atoms with van der Waals surface area (Å²) >= 11 is 11.7. The zero-order valence-corrected chi connectivity index (χ0v) is 10.3. The zero-order chi connectivity index (χ0) is 12.3. The van der Waals surface area contributed by atoms with Crippen LogP contribution in [0.25, 0.3) is 0 Å². The molecule has 2 rings (SSSR count). The van der Waals surface area contributed by atoms with Crippen molar-refractivity contribution in [2.45, 2.75) is 0 Å². The summed E-state index contributed by atoms with van der Waals surface area (Å²) in [6, 6.07) is 14.0. The predicted molar refractivity (Wildman–Crippen MR) is 71.4 cm³/mol. The molecule has 0 atom stereocenters. The van der Waals surface area contributed by atoms with Gasteiger partial charge in [-0.2, -0.15) is 4.74 Å². The molecule has 2 aromatic carbocycles. The number of hydrogen-bond donors (Lipinski definition) is 0. The summed E-state index contributed by atoms with van der Waals surface area (Å²) in [5.74, 6) is 0. The predicted octanol–water partition coefficient (Wildman–Crippen LogP) is 4.25. The monoisotopic (exact) mass is 265 g/mol. The van der Waals surface area contributed by atoms with Crippen molar-refractivity contribution in [3.8, 4) is 0 Å². The van der Waals surface area contributed by atoms with Gasteiger partial charge in [-0.05, 0) is 18.2 Å². The van der Waals surface area contributed by atoms with E-state index in [2.05, 4.69) is 0 Å². The first-order valence-corrected chi connectivity index (χ1v) is 5.73. The molecule has 0 saturated heterocycles. The fraction of sp³-hybridized carbons (Fsp3) is 0. The number of hydrogen-bond acceptors (Lipinski definition) is 1. The lowest BCUT2D eigenvalue weighted by molar-refractivity contribution is -0.354. The molecular formula is C13H9Cl2NO. The first-order chi connectivity index (χ1) is 8.15. The number of halogens is 2. The average molecular weight is 266 g/mol. The molecular weight excluding hydrogens is 257 g/mol. The molecule has 0 N–H and O–H groups in total. The maximum absolute atomic E-state index is 11.9. The number of benzene rings is 2. The van der Waals surface area contributed by atoms with Crippen LogP contribution in [0.2, 0.25) is 10.0 Å². The van der Waals surface area contributed by atoms with Crippen LogP contribution < -0.4 is 0 Å². The topological polar surface area (TPSA) is 26.1 Å². The van der Waals surface area contributed by atoms with Crippen molar-refractivity contribution >= 4 is 35.1 Å². The van der Waals surface area contributed by atoms with E-state index in [1.165, 1.54) is 6.21 Å². The van der Waals surface area contributed by atoms with E-state index < -0.39 is 0 Å². The molecule has 2 nitrogen and oxygen atoms in total. The maximum Gasteiger partial charge on any atom is 0.219 e. The van der Waals surface area contributed by atoms with Gasteiger partial charge in [-0.1, -0.05) is 41.4 Å². The summed E-state index contributed by atoms with van der Waals surface area (Å²) in [6.45, 7) is 0. The molecule has 0 radical (unpaired) electrons. The molecule has 0 aliphatic heterocycles. The van der Waals surface area contributed by atoms with E-state index in [4.69, 9.17) is 23.2 Å². The lowest BCUT2D eigenvalue weighted by atomic mass is 10.2. The molecule has 0 aromatic heterocycles. The largest absolute Gasteiger partial charge is 0.618 e.